The molecule has 0 radical (unpaired) electrons. The second-order valence-corrected chi connectivity index (χ2v) is 4.92. The van der Waals surface area contributed by atoms with Crippen molar-refractivity contribution in [3.63, 3.8) is 0 Å². The lowest BCUT2D eigenvalue weighted by Gasteiger charge is -2.28. The predicted molar refractivity (Wildman–Crippen MR) is 80.9 cm³/mol. The molecule has 0 unspecified atom stereocenters. The molecule has 0 amide bonds. The van der Waals surface area contributed by atoms with Crippen LogP contribution in [0.2, 0.25) is 0 Å². The molecule has 0 aliphatic carbocycles. The van der Waals surface area contributed by atoms with Gasteiger partial charge in [-0.2, -0.15) is 0 Å². The van der Waals surface area contributed by atoms with Crippen LogP contribution in [0.25, 0.3) is 0 Å². The molecule has 3 N–H and O–H groups in total. The fourth-order valence-electron chi connectivity index (χ4n) is 2.29. The average molecular weight is 263 g/mol. The number of hydrogen-bond acceptors (Lipinski definition) is 4. The van der Waals surface area contributed by atoms with Gasteiger partial charge in [0.1, 0.15) is 0 Å². The third-order valence-electron chi connectivity index (χ3n) is 3.45. The molecule has 1 saturated heterocycles. The Kier molecular flexibility index (Phi) is 5.98. The molecule has 0 bridgehead atoms. The Morgan fingerprint density at radius 2 is 1.79 bits per heavy atom. The van der Waals surface area contributed by atoms with Crippen molar-refractivity contribution in [1.82, 2.24) is 0 Å². The Bertz CT molecular complexity index is 347. The molecule has 106 valence electrons. The minimum Gasteiger partial charge on any atom is -0.385 e. The van der Waals surface area contributed by atoms with Gasteiger partial charge in [0, 0.05) is 31.0 Å². The van der Waals surface area contributed by atoms with Gasteiger partial charge in [0.15, 0.2) is 0 Å². The summed E-state index contributed by atoms with van der Waals surface area (Å²) in [7, 11) is 0. The molecule has 1 aliphatic heterocycles. The highest BCUT2D eigenvalue weighted by Gasteiger charge is 2.10. The summed E-state index contributed by atoms with van der Waals surface area (Å²) >= 11 is 0. The van der Waals surface area contributed by atoms with Crippen molar-refractivity contribution < 1.29 is 4.74 Å². The van der Waals surface area contributed by atoms with Crippen molar-refractivity contribution in [3.8, 4) is 0 Å². The van der Waals surface area contributed by atoms with Crippen LogP contribution in [0.1, 0.15) is 19.3 Å². The topological polar surface area (TPSA) is 50.5 Å². The molecular weight excluding hydrogens is 238 g/mol. The number of hydrogen-bond donors (Lipinski definition) is 2. The zero-order valence-corrected chi connectivity index (χ0v) is 11.6. The first kappa shape index (κ1) is 14.2. The molecule has 4 nitrogen and oxygen atoms in total. The van der Waals surface area contributed by atoms with E-state index >= 15 is 0 Å². The zero-order valence-electron chi connectivity index (χ0n) is 11.6. The Morgan fingerprint density at radius 3 is 2.47 bits per heavy atom. The van der Waals surface area contributed by atoms with E-state index in [2.05, 4.69) is 34.5 Å². The van der Waals surface area contributed by atoms with Crippen LogP contribution in [-0.2, 0) is 4.74 Å². The van der Waals surface area contributed by atoms with Gasteiger partial charge in [0.05, 0.1) is 13.2 Å². The minimum absolute atomic E-state index is 0.800. The highest BCUT2D eigenvalue weighted by Crippen LogP contribution is 2.19. The number of anilines is 2. The maximum absolute atomic E-state index is 5.48. The number of rotatable bonds is 7. The van der Waals surface area contributed by atoms with E-state index < -0.39 is 0 Å². The van der Waals surface area contributed by atoms with Crippen molar-refractivity contribution in [1.29, 1.82) is 0 Å². The van der Waals surface area contributed by atoms with Gasteiger partial charge in [0.2, 0.25) is 0 Å². The lowest BCUT2D eigenvalue weighted by Crippen LogP contribution is -2.36. The fourth-order valence-corrected chi connectivity index (χ4v) is 2.29. The van der Waals surface area contributed by atoms with Gasteiger partial charge in [-0.1, -0.05) is 6.42 Å². The number of nitrogens with two attached hydrogens (primary N) is 1. The number of nitrogens with zero attached hydrogens (tertiary/aromatic N) is 1. The predicted octanol–water partition coefficient (Wildman–Crippen LogP) is 2.06. The van der Waals surface area contributed by atoms with Crippen molar-refractivity contribution in [2.45, 2.75) is 19.3 Å². The maximum atomic E-state index is 5.48. The molecule has 0 aromatic heterocycles. The second kappa shape index (κ2) is 8.02. The van der Waals surface area contributed by atoms with E-state index in [-0.39, 0.29) is 0 Å². The first-order valence-corrected chi connectivity index (χ1v) is 7.27. The van der Waals surface area contributed by atoms with Gasteiger partial charge in [-0.15, -0.1) is 0 Å². The summed E-state index contributed by atoms with van der Waals surface area (Å²) in [4.78, 5) is 2.37. The third-order valence-corrected chi connectivity index (χ3v) is 3.45. The van der Waals surface area contributed by atoms with E-state index in [1.807, 2.05) is 0 Å². The summed E-state index contributed by atoms with van der Waals surface area (Å²) in [5, 5.41) is 3.45. The van der Waals surface area contributed by atoms with E-state index in [9.17, 15) is 0 Å². The first-order chi connectivity index (χ1) is 9.40. The highest BCUT2D eigenvalue weighted by atomic mass is 16.5. The summed E-state index contributed by atoms with van der Waals surface area (Å²) < 4.78 is 5.37. The molecule has 0 atom stereocenters. The molecule has 0 spiro atoms. The number of nitrogens with one attached hydrogen (secondary N) is 1. The minimum atomic E-state index is 0.800. The van der Waals surface area contributed by atoms with Crippen LogP contribution < -0.4 is 16.0 Å². The van der Waals surface area contributed by atoms with Crippen molar-refractivity contribution in [2.75, 3.05) is 49.6 Å². The van der Waals surface area contributed by atoms with Crippen LogP contribution in [0.3, 0.4) is 0 Å². The zero-order chi connectivity index (χ0) is 13.3. The molecule has 2 rings (SSSR count). The summed E-state index contributed by atoms with van der Waals surface area (Å²) in [6.45, 7) is 5.48. The van der Waals surface area contributed by atoms with Gasteiger partial charge < -0.3 is 20.7 Å². The lowest BCUT2D eigenvalue weighted by molar-refractivity contribution is 0.122. The van der Waals surface area contributed by atoms with Crippen LogP contribution >= 0.6 is 0 Å². The van der Waals surface area contributed by atoms with E-state index in [4.69, 9.17) is 10.5 Å². The Hall–Kier alpha value is -1.26. The molecule has 0 saturated carbocycles. The van der Waals surface area contributed by atoms with Crippen LogP contribution in [0.15, 0.2) is 24.3 Å². The molecule has 1 aromatic rings. The van der Waals surface area contributed by atoms with Crippen molar-refractivity contribution >= 4 is 11.4 Å². The summed E-state index contributed by atoms with van der Waals surface area (Å²) in [5.41, 5.74) is 7.96. The molecule has 1 aromatic carbocycles. The standard InChI is InChI=1S/C15H25N3O/c16-8-2-1-3-9-17-14-4-6-15(7-5-14)18-10-12-19-13-11-18/h4-7,17H,1-3,8-13,16H2. The Labute approximate surface area is 115 Å². The normalized spacial score (nSPS) is 15.5. The largest absolute Gasteiger partial charge is 0.385 e. The fraction of sp³-hybridized carbons (Fsp3) is 0.600. The van der Waals surface area contributed by atoms with Crippen LogP contribution in [0.5, 0.6) is 0 Å². The van der Waals surface area contributed by atoms with Crippen LogP contribution in [0.4, 0.5) is 11.4 Å². The molecule has 4 heteroatoms. The molecule has 1 fully saturated rings. The molecule has 1 aliphatic rings. The number of ether oxygens (including phenoxy) is 1. The number of benzene rings is 1. The second-order valence-electron chi connectivity index (χ2n) is 4.92. The smallest absolute Gasteiger partial charge is 0.0642 e. The number of unbranched alkanes of at least 4 members (excludes halogenated alkanes) is 2. The van der Waals surface area contributed by atoms with Crippen LogP contribution in [-0.4, -0.2) is 39.4 Å². The molecular formula is C15H25N3O. The van der Waals surface area contributed by atoms with Crippen LogP contribution in [0, 0.1) is 0 Å². The summed E-state index contributed by atoms with van der Waals surface area (Å²) in [5.74, 6) is 0. The Morgan fingerprint density at radius 1 is 1.05 bits per heavy atom. The summed E-state index contributed by atoms with van der Waals surface area (Å²) in [6, 6.07) is 8.70. The highest BCUT2D eigenvalue weighted by molar-refractivity contribution is 5.55. The summed E-state index contributed by atoms with van der Waals surface area (Å²) in [6.07, 6.45) is 3.51. The molecule has 1 heterocycles. The van der Waals surface area contributed by atoms with E-state index in [1.54, 1.807) is 0 Å². The van der Waals surface area contributed by atoms with Gasteiger partial charge in [-0.25, -0.2) is 0 Å². The Balaban J connectivity index is 1.74. The average Bonchev–Trinajstić information content (AvgIpc) is 2.49. The molecule has 19 heavy (non-hydrogen) atoms. The van der Waals surface area contributed by atoms with Gasteiger partial charge in [-0.05, 0) is 43.7 Å². The maximum Gasteiger partial charge on any atom is 0.0642 e. The van der Waals surface area contributed by atoms with Gasteiger partial charge >= 0.3 is 0 Å². The van der Waals surface area contributed by atoms with E-state index in [1.165, 1.54) is 24.2 Å². The van der Waals surface area contributed by atoms with Crippen molar-refractivity contribution in [2.24, 2.45) is 5.73 Å². The first-order valence-electron chi connectivity index (χ1n) is 7.27. The van der Waals surface area contributed by atoms with Crippen molar-refractivity contribution in [3.05, 3.63) is 24.3 Å². The van der Waals surface area contributed by atoms with Gasteiger partial charge in [-0.3, -0.25) is 0 Å². The lowest BCUT2D eigenvalue weighted by atomic mass is 10.2. The third kappa shape index (κ3) is 4.73. The van der Waals surface area contributed by atoms with Gasteiger partial charge in [0.25, 0.3) is 0 Å². The van der Waals surface area contributed by atoms with E-state index in [0.717, 1.165) is 45.8 Å². The quantitative estimate of drug-likeness (QED) is 0.739. The van der Waals surface area contributed by atoms with E-state index in [0.29, 0.717) is 0 Å². The SMILES string of the molecule is NCCCCCNc1ccc(N2CCOCC2)cc1. The monoisotopic (exact) mass is 263 g/mol. The number of morpholine rings is 1.